The second-order valence-electron chi connectivity index (χ2n) is 9.05. The molecule has 6 nitrogen and oxygen atoms in total. The Morgan fingerprint density at radius 3 is 2.70 bits per heavy atom. The molecule has 0 aliphatic heterocycles. The number of hydrogen-bond donors (Lipinski definition) is 1. The summed E-state index contributed by atoms with van der Waals surface area (Å²) in [6.45, 7) is 7.58. The summed E-state index contributed by atoms with van der Waals surface area (Å²) in [5.41, 5.74) is 5.38. The van der Waals surface area contributed by atoms with Crippen molar-refractivity contribution in [3.8, 4) is 11.5 Å². The molecule has 37 heavy (non-hydrogen) atoms. The first-order valence-corrected chi connectivity index (χ1v) is 12.7. The Balaban J connectivity index is 1.35. The van der Waals surface area contributed by atoms with Gasteiger partial charge in [-0.15, -0.1) is 6.58 Å². The zero-order valence-electron chi connectivity index (χ0n) is 21.7. The van der Waals surface area contributed by atoms with Crippen molar-refractivity contribution in [2.45, 2.75) is 39.2 Å². The summed E-state index contributed by atoms with van der Waals surface area (Å²) in [6, 6.07) is 22.1. The van der Waals surface area contributed by atoms with Crippen LogP contribution in [0.3, 0.4) is 0 Å². The Bertz CT molecular complexity index is 1360. The highest BCUT2D eigenvalue weighted by Crippen LogP contribution is 2.28. The molecule has 4 aromatic rings. The lowest BCUT2D eigenvalue weighted by Gasteiger charge is -2.14. The number of aromatic nitrogens is 2. The summed E-state index contributed by atoms with van der Waals surface area (Å²) in [4.78, 5) is 17.3. The second-order valence-corrected chi connectivity index (χ2v) is 9.05. The summed E-state index contributed by atoms with van der Waals surface area (Å²) < 4.78 is 13.8. The van der Waals surface area contributed by atoms with E-state index in [9.17, 15) is 4.79 Å². The van der Waals surface area contributed by atoms with Crippen LogP contribution in [0.15, 0.2) is 79.4 Å². The van der Waals surface area contributed by atoms with Crippen LogP contribution < -0.4 is 14.8 Å². The van der Waals surface area contributed by atoms with E-state index in [2.05, 4.69) is 22.5 Å². The molecule has 0 unspecified atom stereocenters. The molecule has 6 heteroatoms. The van der Waals surface area contributed by atoms with E-state index in [1.807, 2.05) is 73.7 Å². The average Bonchev–Trinajstić information content (AvgIpc) is 3.26. The smallest absolute Gasteiger partial charge is 0.224 e. The predicted octanol–water partition coefficient (Wildman–Crippen LogP) is 5.45. The summed E-state index contributed by atoms with van der Waals surface area (Å²) in [5.74, 6) is 2.48. The third-order valence-corrected chi connectivity index (χ3v) is 6.43. The van der Waals surface area contributed by atoms with Gasteiger partial charge in [0, 0.05) is 13.0 Å². The van der Waals surface area contributed by atoms with Gasteiger partial charge in [-0.1, -0.05) is 48.5 Å². The molecule has 1 heterocycles. The molecule has 1 N–H and O–H groups in total. The van der Waals surface area contributed by atoms with Crippen LogP contribution in [0.1, 0.15) is 28.9 Å². The van der Waals surface area contributed by atoms with Gasteiger partial charge in [0.05, 0.1) is 31.1 Å². The van der Waals surface area contributed by atoms with Gasteiger partial charge in [-0.25, -0.2) is 4.98 Å². The Hall–Kier alpha value is -4.06. The highest BCUT2D eigenvalue weighted by Gasteiger charge is 2.12. The van der Waals surface area contributed by atoms with Crippen LogP contribution in [0.2, 0.25) is 0 Å². The number of benzene rings is 3. The SMILES string of the molecule is C=CCc1ccc(OCCn2c(CCCNC(=O)Cc3ccccc3C)nc3ccccc32)c(OC)c1. The molecule has 0 bridgehead atoms. The van der Waals surface area contributed by atoms with E-state index >= 15 is 0 Å². The van der Waals surface area contributed by atoms with Gasteiger partial charge in [0.2, 0.25) is 5.91 Å². The summed E-state index contributed by atoms with van der Waals surface area (Å²) in [5, 5.41) is 3.05. The van der Waals surface area contributed by atoms with Crippen LogP contribution in [-0.4, -0.2) is 35.7 Å². The molecule has 0 spiro atoms. The largest absolute Gasteiger partial charge is 0.493 e. The number of aryl methyl sites for hydroxylation is 2. The molecule has 1 amide bonds. The zero-order valence-corrected chi connectivity index (χ0v) is 21.7. The first-order chi connectivity index (χ1) is 18.1. The monoisotopic (exact) mass is 497 g/mol. The van der Waals surface area contributed by atoms with Gasteiger partial charge in [-0.05, 0) is 60.7 Å². The lowest BCUT2D eigenvalue weighted by atomic mass is 10.1. The van der Waals surface area contributed by atoms with Gasteiger partial charge >= 0.3 is 0 Å². The third kappa shape index (κ3) is 6.79. The second kappa shape index (κ2) is 12.8. The van der Waals surface area contributed by atoms with Gasteiger partial charge in [0.15, 0.2) is 11.5 Å². The molecule has 0 aliphatic carbocycles. The van der Waals surface area contributed by atoms with Gasteiger partial charge in [0.25, 0.3) is 0 Å². The van der Waals surface area contributed by atoms with Crippen molar-refractivity contribution in [3.05, 3.63) is 102 Å². The Morgan fingerprint density at radius 1 is 1.08 bits per heavy atom. The predicted molar refractivity (Wildman–Crippen MR) is 148 cm³/mol. The minimum atomic E-state index is 0.0456. The average molecular weight is 498 g/mol. The molecule has 0 fully saturated rings. The Labute approximate surface area is 218 Å². The topological polar surface area (TPSA) is 65.4 Å². The third-order valence-electron chi connectivity index (χ3n) is 6.43. The number of nitrogens with zero attached hydrogens (tertiary/aromatic N) is 2. The van der Waals surface area contributed by atoms with Crippen molar-refractivity contribution in [1.29, 1.82) is 0 Å². The van der Waals surface area contributed by atoms with Crippen molar-refractivity contribution in [1.82, 2.24) is 14.9 Å². The molecule has 0 radical (unpaired) electrons. The van der Waals surface area contributed by atoms with Crippen molar-refractivity contribution in [3.63, 3.8) is 0 Å². The standard InChI is InChI=1S/C31H35N3O3/c1-4-10-24-16-17-28(29(21-24)36-3)37-20-19-34-27-14-8-7-13-26(27)33-30(34)15-9-18-32-31(35)22-25-12-6-5-11-23(25)2/h4-8,11-14,16-17,21H,1,9-10,15,18-20,22H2,2-3H3,(H,32,35). The minimum Gasteiger partial charge on any atom is -0.493 e. The van der Waals surface area contributed by atoms with Gasteiger partial charge in [-0.2, -0.15) is 0 Å². The molecule has 192 valence electrons. The van der Waals surface area contributed by atoms with E-state index in [1.165, 1.54) is 0 Å². The fraction of sp³-hybridized carbons (Fsp3) is 0.290. The fourth-order valence-electron chi connectivity index (χ4n) is 4.46. The Kier molecular flexibility index (Phi) is 8.98. The number of amides is 1. The van der Waals surface area contributed by atoms with E-state index in [0.29, 0.717) is 26.1 Å². The molecule has 3 aromatic carbocycles. The minimum absolute atomic E-state index is 0.0456. The molecule has 0 saturated heterocycles. The first-order valence-electron chi connectivity index (χ1n) is 12.7. The van der Waals surface area contributed by atoms with E-state index in [4.69, 9.17) is 14.5 Å². The summed E-state index contributed by atoms with van der Waals surface area (Å²) in [7, 11) is 1.65. The van der Waals surface area contributed by atoms with Crippen molar-refractivity contribution in [2.75, 3.05) is 20.3 Å². The molecule has 0 aliphatic rings. The lowest BCUT2D eigenvalue weighted by Crippen LogP contribution is -2.26. The van der Waals surface area contributed by atoms with E-state index in [-0.39, 0.29) is 5.91 Å². The van der Waals surface area contributed by atoms with Crippen molar-refractivity contribution < 1.29 is 14.3 Å². The zero-order chi connectivity index (χ0) is 26.0. The number of allylic oxidation sites excluding steroid dienone is 1. The lowest BCUT2D eigenvalue weighted by molar-refractivity contribution is -0.120. The van der Waals surface area contributed by atoms with E-state index in [1.54, 1.807) is 7.11 Å². The molecule has 0 saturated carbocycles. The maximum atomic E-state index is 12.4. The number of para-hydroxylation sites is 2. The van der Waals surface area contributed by atoms with Crippen LogP contribution >= 0.6 is 0 Å². The van der Waals surface area contributed by atoms with Crippen LogP contribution in [0.4, 0.5) is 0 Å². The van der Waals surface area contributed by atoms with Crippen LogP contribution in [0, 0.1) is 6.92 Å². The van der Waals surface area contributed by atoms with E-state index in [0.717, 1.165) is 64.3 Å². The van der Waals surface area contributed by atoms with Crippen molar-refractivity contribution in [2.24, 2.45) is 0 Å². The maximum absolute atomic E-state index is 12.4. The Morgan fingerprint density at radius 2 is 1.89 bits per heavy atom. The van der Waals surface area contributed by atoms with Crippen molar-refractivity contribution >= 4 is 16.9 Å². The van der Waals surface area contributed by atoms with Gasteiger partial charge in [0.1, 0.15) is 12.4 Å². The van der Waals surface area contributed by atoms with E-state index < -0.39 is 0 Å². The summed E-state index contributed by atoms with van der Waals surface area (Å²) in [6.07, 6.45) is 4.63. The van der Waals surface area contributed by atoms with Gasteiger partial charge in [-0.3, -0.25) is 4.79 Å². The number of rotatable bonds is 13. The first kappa shape index (κ1) is 26.0. The molecule has 1 aromatic heterocycles. The van der Waals surface area contributed by atoms with Crippen LogP contribution in [-0.2, 0) is 30.6 Å². The molecular weight excluding hydrogens is 462 g/mol. The summed E-state index contributed by atoms with van der Waals surface area (Å²) >= 11 is 0. The van der Waals surface area contributed by atoms with Crippen LogP contribution in [0.5, 0.6) is 11.5 Å². The molecular formula is C31H35N3O3. The fourth-order valence-corrected chi connectivity index (χ4v) is 4.46. The van der Waals surface area contributed by atoms with Gasteiger partial charge < -0.3 is 19.4 Å². The number of carbonyl (C=O) groups is 1. The number of methoxy groups -OCH3 is 1. The normalized spacial score (nSPS) is 10.9. The number of fused-ring (bicyclic) bond motifs is 1. The maximum Gasteiger partial charge on any atom is 0.224 e. The highest BCUT2D eigenvalue weighted by atomic mass is 16.5. The number of nitrogens with one attached hydrogen (secondary N) is 1. The van der Waals surface area contributed by atoms with Crippen LogP contribution in [0.25, 0.3) is 11.0 Å². The highest BCUT2D eigenvalue weighted by molar-refractivity contribution is 5.79. The number of ether oxygens (including phenoxy) is 2. The quantitative estimate of drug-likeness (QED) is 0.197. The number of carbonyl (C=O) groups excluding carboxylic acids is 1. The number of hydrogen-bond acceptors (Lipinski definition) is 4. The molecule has 0 atom stereocenters. The number of imidazole rings is 1. The molecule has 4 rings (SSSR count).